The molecule has 14 heavy (non-hydrogen) atoms. The Hall–Kier alpha value is -0.670. The van der Waals surface area contributed by atoms with E-state index >= 15 is 0 Å². The summed E-state index contributed by atoms with van der Waals surface area (Å²) in [5.74, 6) is 0. The Balaban J connectivity index is 4.63. The normalized spacial score (nSPS) is 16.9. The van der Waals surface area contributed by atoms with Crippen molar-refractivity contribution in [3.63, 3.8) is 0 Å². The highest BCUT2D eigenvalue weighted by Gasteiger charge is 2.62. The van der Waals surface area contributed by atoms with E-state index in [1.54, 1.807) is 4.74 Å². The predicted octanol–water partition coefficient (Wildman–Crippen LogP) is 3.02. The molecule has 0 saturated heterocycles. The molecule has 0 saturated carbocycles. The molecule has 0 radical (unpaired) electrons. The molecule has 10 heteroatoms. The zero-order valence-electron chi connectivity index (χ0n) is 5.89. The molecule has 0 heterocycles. The first-order valence-corrected chi connectivity index (χ1v) is 2.72. The fourth-order valence-electron chi connectivity index (χ4n) is 0.397. The fourth-order valence-corrected chi connectivity index (χ4v) is 0.397. The van der Waals surface area contributed by atoms with Gasteiger partial charge in [-0.2, -0.15) is 22.0 Å². The van der Waals surface area contributed by atoms with Gasteiger partial charge in [0, 0.05) is 0 Å². The van der Waals surface area contributed by atoms with Gasteiger partial charge in [-0.25, -0.2) is 9.13 Å². The van der Waals surface area contributed by atoms with Crippen LogP contribution in [0.2, 0.25) is 0 Å². The Morgan fingerprint density at radius 1 is 0.786 bits per heavy atom. The molecule has 1 atom stereocenters. The molecular weight excluding hydrogens is 235 g/mol. The van der Waals surface area contributed by atoms with E-state index in [2.05, 4.69) is 0 Å². The van der Waals surface area contributed by atoms with Gasteiger partial charge in [0.05, 0.1) is 0 Å². The molecule has 0 spiro atoms. The standard InChI is InChI=1S/C4HF9O/c5-1(2(6,7)8)3(9,10)14-4(11,12)13/h1H. The summed E-state index contributed by atoms with van der Waals surface area (Å²) in [6.45, 7) is 0. The van der Waals surface area contributed by atoms with E-state index in [4.69, 9.17) is 0 Å². The molecule has 0 aromatic rings. The highest BCUT2D eigenvalue weighted by molar-refractivity contribution is 4.75. The van der Waals surface area contributed by atoms with Crippen LogP contribution in [-0.2, 0) is 4.74 Å². The van der Waals surface area contributed by atoms with Crippen molar-refractivity contribution in [3.05, 3.63) is 0 Å². The second-order valence-electron chi connectivity index (χ2n) is 2.01. The van der Waals surface area contributed by atoms with Crippen LogP contribution in [0.15, 0.2) is 0 Å². The minimum Gasteiger partial charge on any atom is -0.228 e. The van der Waals surface area contributed by atoms with E-state index in [0.29, 0.717) is 0 Å². The fraction of sp³-hybridized carbons (Fsp3) is 1.00. The Labute approximate surface area is 70.4 Å². The first-order valence-electron chi connectivity index (χ1n) is 2.72. The molecule has 0 N–H and O–H groups in total. The smallest absolute Gasteiger partial charge is 0.228 e. The van der Waals surface area contributed by atoms with Crippen molar-refractivity contribution >= 4 is 0 Å². The summed E-state index contributed by atoms with van der Waals surface area (Å²) in [6, 6.07) is 0. The van der Waals surface area contributed by atoms with Crippen molar-refractivity contribution in [2.45, 2.75) is 24.8 Å². The van der Waals surface area contributed by atoms with Crippen LogP contribution in [0.25, 0.3) is 0 Å². The summed E-state index contributed by atoms with van der Waals surface area (Å²) in [7, 11) is 0. The van der Waals surface area contributed by atoms with Gasteiger partial charge in [-0.3, -0.25) is 0 Å². The van der Waals surface area contributed by atoms with Crippen molar-refractivity contribution in [2.75, 3.05) is 0 Å². The summed E-state index contributed by atoms with van der Waals surface area (Å²) < 4.78 is 104. The largest absolute Gasteiger partial charge is 0.527 e. The molecule has 86 valence electrons. The van der Waals surface area contributed by atoms with Crippen LogP contribution in [0, 0.1) is 0 Å². The molecule has 0 aliphatic carbocycles. The lowest BCUT2D eigenvalue weighted by atomic mass is 10.3. The maximum Gasteiger partial charge on any atom is 0.527 e. The van der Waals surface area contributed by atoms with Gasteiger partial charge in [0.2, 0.25) is 0 Å². The van der Waals surface area contributed by atoms with E-state index in [1.165, 1.54) is 0 Å². The highest BCUT2D eigenvalue weighted by Crippen LogP contribution is 2.39. The summed E-state index contributed by atoms with van der Waals surface area (Å²) in [5, 5.41) is 0. The second-order valence-corrected chi connectivity index (χ2v) is 2.01. The van der Waals surface area contributed by atoms with Crippen molar-refractivity contribution in [2.24, 2.45) is 0 Å². The predicted molar refractivity (Wildman–Crippen MR) is 23.0 cm³/mol. The zero-order chi connectivity index (χ0) is 11.8. The first-order chi connectivity index (χ1) is 5.86. The van der Waals surface area contributed by atoms with Crippen molar-refractivity contribution in [1.29, 1.82) is 0 Å². The SMILES string of the molecule is FC(C(F)(F)F)C(F)(F)OC(F)(F)F. The van der Waals surface area contributed by atoms with Crippen molar-refractivity contribution < 1.29 is 44.3 Å². The quantitative estimate of drug-likeness (QED) is 0.669. The molecule has 0 aromatic heterocycles. The van der Waals surface area contributed by atoms with Crippen molar-refractivity contribution in [3.8, 4) is 0 Å². The molecule has 0 fully saturated rings. The Kier molecular flexibility index (Phi) is 3.31. The molecule has 0 aromatic carbocycles. The number of ether oxygens (including phenoxy) is 1. The Morgan fingerprint density at radius 3 is 1.36 bits per heavy atom. The maximum atomic E-state index is 11.8. The number of halogens is 9. The molecule has 0 bridgehead atoms. The minimum absolute atomic E-state index is 1.69. The zero-order valence-corrected chi connectivity index (χ0v) is 5.89. The topological polar surface area (TPSA) is 9.23 Å². The van der Waals surface area contributed by atoms with Gasteiger partial charge in [0.1, 0.15) is 0 Å². The van der Waals surface area contributed by atoms with E-state index in [0.717, 1.165) is 0 Å². The monoisotopic (exact) mass is 236 g/mol. The lowest BCUT2D eigenvalue weighted by Crippen LogP contribution is -2.46. The number of alkyl halides is 9. The average molecular weight is 236 g/mol. The third-order valence-electron chi connectivity index (χ3n) is 0.834. The Morgan fingerprint density at radius 2 is 1.14 bits per heavy atom. The molecule has 0 rings (SSSR count). The Bertz CT molecular complexity index is 190. The molecule has 1 unspecified atom stereocenters. The number of hydrogen-bond acceptors (Lipinski definition) is 1. The van der Waals surface area contributed by atoms with Crippen LogP contribution in [0.3, 0.4) is 0 Å². The number of hydrogen-bond donors (Lipinski definition) is 0. The van der Waals surface area contributed by atoms with E-state index < -0.39 is 24.8 Å². The van der Waals surface area contributed by atoms with E-state index in [-0.39, 0.29) is 0 Å². The molecule has 1 nitrogen and oxygen atoms in total. The van der Waals surface area contributed by atoms with Crippen molar-refractivity contribution in [1.82, 2.24) is 0 Å². The van der Waals surface area contributed by atoms with Crippen LogP contribution in [0.1, 0.15) is 0 Å². The van der Waals surface area contributed by atoms with Gasteiger partial charge in [-0.1, -0.05) is 0 Å². The van der Waals surface area contributed by atoms with E-state index in [1.807, 2.05) is 0 Å². The molecule has 0 amide bonds. The second kappa shape index (κ2) is 3.48. The lowest BCUT2D eigenvalue weighted by Gasteiger charge is -2.22. The van der Waals surface area contributed by atoms with Gasteiger partial charge in [-0.15, -0.1) is 13.2 Å². The minimum atomic E-state index is -6.13. The number of rotatable bonds is 2. The van der Waals surface area contributed by atoms with Crippen LogP contribution in [-0.4, -0.2) is 24.8 Å². The third-order valence-corrected chi connectivity index (χ3v) is 0.834. The van der Waals surface area contributed by atoms with Gasteiger partial charge >= 0.3 is 18.6 Å². The van der Waals surface area contributed by atoms with Crippen LogP contribution < -0.4 is 0 Å². The highest BCUT2D eigenvalue weighted by atomic mass is 19.4. The molecule has 0 aliphatic heterocycles. The summed E-state index contributed by atoms with van der Waals surface area (Å²) in [6.07, 6.45) is -23.2. The van der Waals surface area contributed by atoms with Gasteiger partial charge in [0.25, 0.3) is 6.17 Å². The molecular formula is C4HF9O. The van der Waals surface area contributed by atoms with E-state index in [9.17, 15) is 39.5 Å². The average Bonchev–Trinajstić information content (AvgIpc) is 1.78. The van der Waals surface area contributed by atoms with Gasteiger partial charge < -0.3 is 0 Å². The van der Waals surface area contributed by atoms with Gasteiger partial charge in [0.15, 0.2) is 0 Å². The van der Waals surface area contributed by atoms with Crippen LogP contribution in [0.4, 0.5) is 39.5 Å². The van der Waals surface area contributed by atoms with Crippen LogP contribution >= 0.6 is 0 Å². The molecule has 0 aliphatic rings. The summed E-state index contributed by atoms with van der Waals surface area (Å²) >= 11 is 0. The third kappa shape index (κ3) is 4.03. The summed E-state index contributed by atoms with van der Waals surface area (Å²) in [5.41, 5.74) is 0. The first kappa shape index (κ1) is 13.3. The maximum absolute atomic E-state index is 11.8. The van der Waals surface area contributed by atoms with Gasteiger partial charge in [-0.05, 0) is 0 Å². The lowest BCUT2D eigenvalue weighted by molar-refractivity contribution is -0.452. The summed E-state index contributed by atoms with van der Waals surface area (Å²) in [4.78, 5) is 0. The van der Waals surface area contributed by atoms with Crippen LogP contribution in [0.5, 0.6) is 0 Å².